The lowest BCUT2D eigenvalue weighted by molar-refractivity contribution is -0.139. The predicted molar refractivity (Wildman–Crippen MR) is 69.6 cm³/mol. The molecule has 1 fully saturated rings. The molecular formula is C14H27NO2. The third-order valence-electron chi connectivity index (χ3n) is 4.56. The molecule has 0 aromatic carbocycles. The van der Waals surface area contributed by atoms with Crippen LogP contribution in [-0.4, -0.2) is 17.6 Å². The van der Waals surface area contributed by atoms with Crippen molar-refractivity contribution in [3.8, 4) is 0 Å². The van der Waals surface area contributed by atoms with Gasteiger partial charge in [0.15, 0.2) is 0 Å². The molecular weight excluding hydrogens is 214 g/mol. The molecule has 2 atom stereocenters. The number of carboxylic acid groups (broad SMARTS) is 1. The standard InChI is InChI=1S/C14H27NO2/c1-9(2)11-5-14(8-15,7-13(16)17)6-12(11)10(3)4/h9-12H,5-8,15H2,1-4H3,(H,16,17). The van der Waals surface area contributed by atoms with E-state index in [1.54, 1.807) is 0 Å². The van der Waals surface area contributed by atoms with E-state index in [1.165, 1.54) is 0 Å². The van der Waals surface area contributed by atoms with E-state index < -0.39 is 5.97 Å². The van der Waals surface area contributed by atoms with Gasteiger partial charge in [-0.2, -0.15) is 0 Å². The van der Waals surface area contributed by atoms with Crippen LogP contribution in [0, 0.1) is 29.1 Å². The van der Waals surface area contributed by atoms with Crippen molar-refractivity contribution in [1.82, 2.24) is 0 Å². The Morgan fingerprint density at radius 1 is 1.24 bits per heavy atom. The molecule has 1 saturated carbocycles. The quantitative estimate of drug-likeness (QED) is 0.778. The highest BCUT2D eigenvalue weighted by Gasteiger charge is 2.47. The van der Waals surface area contributed by atoms with Crippen molar-refractivity contribution in [2.45, 2.75) is 47.0 Å². The minimum Gasteiger partial charge on any atom is -0.481 e. The topological polar surface area (TPSA) is 63.3 Å². The van der Waals surface area contributed by atoms with E-state index in [4.69, 9.17) is 10.8 Å². The van der Waals surface area contributed by atoms with Crippen LogP contribution in [0.2, 0.25) is 0 Å². The maximum atomic E-state index is 11.0. The van der Waals surface area contributed by atoms with Gasteiger partial charge in [-0.05, 0) is 48.5 Å². The second kappa shape index (κ2) is 5.38. The van der Waals surface area contributed by atoms with Crippen molar-refractivity contribution in [2.75, 3.05) is 6.54 Å². The second-order valence-corrected chi connectivity index (χ2v) is 6.50. The number of hydrogen-bond acceptors (Lipinski definition) is 2. The lowest BCUT2D eigenvalue weighted by Crippen LogP contribution is -2.31. The first-order chi connectivity index (χ1) is 7.81. The monoisotopic (exact) mass is 241 g/mol. The van der Waals surface area contributed by atoms with E-state index in [0.717, 1.165) is 12.8 Å². The highest BCUT2D eigenvalue weighted by molar-refractivity contribution is 5.67. The van der Waals surface area contributed by atoms with Gasteiger partial charge in [0.2, 0.25) is 0 Å². The number of hydrogen-bond donors (Lipinski definition) is 2. The summed E-state index contributed by atoms with van der Waals surface area (Å²) < 4.78 is 0. The molecule has 3 nitrogen and oxygen atoms in total. The molecule has 0 spiro atoms. The zero-order chi connectivity index (χ0) is 13.2. The van der Waals surface area contributed by atoms with Gasteiger partial charge in [0.1, 0.15) is 0 Å². The van der Waals surface area contributed by atoms with Crippen LogP contribution in [-0.2, 0) is 4.79 Å². The van der Waals surface area contributed by atoms with Crippen molar-refractivity contribution in [3.63, 3.8) is 0 Å². The SMILES string of the molecule is CC(C)C1CC(CN)(CC(=O)O)CC1C(C)C. The molecule has 0 aromatic heterocycles. The maximum absolute atomic E-state index is 11.0. The van der Waals surface area contributed by atoms with Crippen LogP contribution in [0.25, 0.3) is 0 Å². The molecule has 0 aliphatic heterocycles. The van der Waals surface area contributed by atoms with Gasteiger partial charge in [-0.15, -0.1) is 0 Å². The van der Waals surface area contributed by atoms with Gasteiger partial charge in [-0.25, -0.2) is 0 Å². The Bertz CT molecular complexity index is 257. The molecule has 100 valence electrons. The van der Waals surface area contributed by atoms with E-state index in [1.807, 2.05) is 0 Å². The van der Waals surface area contributed by atoms with Gasteiger partial charge in [0, 0.05) is 0 Å². The van der Waals surface area contributed by atoms with Gasteiger partial charge in [0.05, 0.1) is 6.42 Å². The lowest BCUT2D eigenvalue weighted by atomic mass is 9.80. The lowest BCUT2D eigenvalue weighted by Gasteiger charge is -2.26. The molecule has 1 rings (SSSR count). The average Bonchev–Trinajstić information content (AvgIpc) is 2.57. The summed E-state index contributed by atoms with van der Waals surface area (Å²) in [5.41, 5.74) is 5.72. The molecule has 1 aliphatic rings. The summed E-state index contributed by atoms with van der Waals surface area (Å²) in [6.45, 7) is 9.48. The number of carboxylic acids is 1. The second-order valence-electron chi connectivity index (χ2n) is 6.50. The minimum absolute atomic E-state index is 0.157. The molecule has 0 bridgehead atoms. The molecule has 0 radical (unpaired) electrons. The fourth-order valence-corrected chi connectivity index (χ4v) is 3.55. The molecule has 0 amide bonds. The number of rotatable bonds is 5. The Morgan fingerprint density at radius 2 is 1.65 bits per heavy atom. The average molecular weight is 241 g/mol. The first-order valence-corrected chi connectivity index (χ1v) is 6.73. The fourth-order valence-electron chi connectivity index (χ4n) is 3.55. The highest BCUT2D eigenvalue weighted by Crippen LogP contribution is 2.52. The summed E-state index contributed by atoms with van der Waals surface area (Å²) in [6.07, 6.45) is 2.20. The van der Waals surface area contributed by atoms with E-state index in [-0.39, 0.29) is 11.8 Å². The number of carbonyl (C=O) groups is 1. The van der Waals surface area contributed by atoms with Crippen molar-refractivity contribution < 1.29 is 9.90 Å². The molecule has 1 aliphatic carbocycles. The molecule has 2 unspecified atom stereocenters. The van der Waals surface area contributed by atoms with Crippen LogP contribution in [0.1, 0.15) is 47.0 Å². The Balaban J connectivity index is 2.88. The predicted octanol–water partition coefficient (Wildman–Crippen LogP) is 2.74. The summed E-state index contributed by atoms with van der Waals surface area (Å²) in [7, 11) is 0. The van der Waals surface area contributed by atoms with Crippen LogP contribution in [0.4, 0.5) is 0 Å². The van der Waals surface area contributed by atoms with Crippen molar-refractivity contribution in [3.05, 3.63) is 0 Å². The van der Waals surface area contributed by atoms with E-state index in [9.17, 15) is 4.79 Å². The summed E-state index contributed by atoms with van der Waals surface area (Å²) in [6, 6.07) is 0. The molecule has 3 heteroatoms. The first-order valence-electron chi connectivity index (χ1n) is 6.73. The summed E-state index contributed by atoms with van der Waals surface area (Å²) in [5, 5.41) is 9.06. The molecule has 0 aromatic rings. The smallest absolute Gasteiger partial charge is 0.303 e. The minimum atomic E-state index is -0.706. The maximum Gasteiger partial charge on any atom is 0.303 e. The molecule has 3 N–H and O–H groups in total. The molecule has 0 heterocycles. The van der Waals surface area contributed by atoms with Crippen LogP contribution >= 0.6 is 0 Å². The van der Waals surface area contributed by atoms with Gasteiger partial charge >= 0.3 is 5.97 Å². The Hall–Kier alpha value is -0.570. The molecule has 17 heavy (non-hydrogen) atoms. The highest BCUT2D eigenvalue weighted by atomic mass is 16.4. The van der Waals surface area contributed by atoms with E-state index in [2.05, 4.69) is 27.7 Å². The third kappa shape index (κ3) is 3.21. The van der Waals surface area contributed by atoms with E-state index in [0.29, 0.717) is 30.2 Å². The summed E-state index contributed by atoms with van der Waals surface area (Å²) in [5.74, 6) is 1.77. The fraction of sp³-hybridized carbons (Fsp3) is 0.929. The van der Waals surface area contributed by atoms with Crippen molar-refractivity contribution in [1.29, 1.82) is 0 Å². The Kier molecular flexibility index (Phi) is 4.59. The first kappa shape index (κ1) is 14.5. The Labute approximate surface area is 105 Å². The number of aliphatic carboxylic acids is 1. The summed E-state index contributed by atoms with van der Waals surface area (Å²) in [4.78, 5) is 11.0. The van der Waals surface area contributed by atoms with Gasteiger partial charge in [0.25, 0.3) is 0 Å². The summed E-state index contributed by atoms with van der Waals surface area (Å²) >= 11 is 0. The van der Waals surface area contributed by atoms with Gasteiger partial charge in [-0.1, -0.05) is 27.7 Å². The van der Waals surface area contributed by atoms with Crippen molar-refractivity contribution >= 4 is 5.97 Å². The van der Waals surface area contributed by atoms with Crippen LogP contribution in [0.3, 0.4) is 0 Å². The van der Waals surface area contributed by atoms with Gasteiger partial charge in [-0.3, -0.25) is 4.79 Å². The third-order valence-corrected chi connectivity index (χ3v) is 4.56. The Morgan fingerprint density at radius 3 is 1.88 bits per heavy atom. The molecule has 0 saturated heterocycles. The zero-order valence-corrected chi connectivity index (χ0v) is 11.6. The van der Waals surface area contributed by atoms with E-state index >= 15 is 0 Å². The largest absolute Gasteiger partial charge is 0.481 e. The van der Waals surface area contributed by atoms with Crippen LogP contribution in [0.5, 0.6) is 0 Å². The normalized spacial score (nSPS) is 33.6. The van der Waals surface area contributed by atoms with Crippen molar-refractivity contribution in [2.24, 2.45) is 34.8 Å². The number of nitrogens with two attached hydrogens (primary N) is 1. The van der Waals surface area contributed by atoms with Crippen LogP contribution < -0.4 is 5.73 Å². The zero-order valence-electron chi connectivity index (χ0n) is 11.6. The van der Waals surface area contributed by atoms with Crippen LogP contribution in [0.15, 0.2) is 0 Å². The van der Waals surface area contributed by atoms with Gasteiger partial charge < -0.3 is 10.8 Å².